The summed E-state index contributed by atoms with van der Waals surface area (Å²) in [5.74, 6) is -3.76. The van der Waals surface area contributed by atoms with Crippen LogP contribution >= 0.6 is 0 Å². The minimum Gasteiger partial charge on any atom is -0.481 e. The first-order chi connectivity index (χ1) is 12.6. The lowest BCUT2D eigenvalue weighted by atomic mass is 10.0. The van der Waals surface area contributed by atoms with E-state index in [4.69, 9.17) is 5.11 Å². The number of halogens is 4. The largest absolute Gasteiger partial charge is 0.481 e. The number of benzene rings is 1. The summed E-state index contributed by atoms with van der Waals surface area (Å²) in [4.78, 5) is 23.3. The van der Waals surface area contributed by atoms with Crippen LogP contribution in [0.15, 0.2) is 30.5 Å². The molecule has 0 radical (unpaired) electrons. The number of amides is 1. The molecule has 1 atom stereocenters. The van der Waals surface area contributed by atoms with Gasteiger partial charge in [-0.05, 0) is 30.7 Å². The van der Waals surface area contributed by atoms with Gasteiger partial charge >= 0.3 is 12.1 Å². The minimum atomic E-state index is -4.91. The summed E-state index contributed by atoms with van der Waals surface area (Å²) in [5, 5.41) is 14.9. The van der Waals surface area contributed by atoms with Crippen molar-refractivity contribution < 1.29 is 32.3 Å². The molecule has 0 bridgehead atoms. The van der Waals surface area contributed by atoms with Crippen molar-refractivity contribution >= 4 is 11.9 Å². The summed E-state index contributed by atoms with van der Waals surface area (Å²) >= 11 is 0. The molecule has 0 aliphatic heterocycles. The molecule has 10 heteroatoms. The Labute approximate surface area is 151 Å². The lowest BCUT2D eigenvalue weighted by Gasteiger charge is -2.14. The fourth-order valence-corrected chi connectivity index (χ4v) is 2.54. The van der Waals surface area contributed by atoms with Crippen molar-refractivity contribution in [2.24, 2.45) is 5.92 Å². The molecule has 1 aromatic carbocycles. The quantitative estimate of drug-likeness (QED) is 0.715. The zero-order valence-electron chi connectivity index (χ0n) is 14.3. The monoisotopic (exact) mass is 387 g/mol. The lowest BCUT2D eigenvalue weighted by molar-refractivity contribution is -0.143. The number of carboxylic acids is 1. The number of aliphatic carboxylic acids is 1. The third-order valence-corrected chi connectivity index (χ3v) is 3.85. The van der Waals surface area contributed by atoms with Crippen molar-refractivity contribution in [1.82, 2.24) is 15.1 Å². The van der Waals surface area contributed by atoms with Crippen LogP contribution in [0, 0.1) is 11.7 Å². The first-order valence-corrected chi connectivity index (χ1v) is 8.07. The normalized spacial score (nSPS) is 12.6. The molecule has 0 fully saturated rings. The molecule has 1 unspecified atom stereocenters. The van der Waals surface area contributed by atoms with E-state index in [0.29, 0.717) is 11.1 Å². The predicted octanol–water partition coefficient (Wildman–Crippen LogP) is 3.26. The van der Waals surface area contributed by atoms with Crippen molar-refractivity contribution in [3.8, 4) is 5.69 Å². The van der Waals surface area contributed by atoms with Crippen LogP contribution in [0.5, 0.6) is 0 Å². The molecule has 2 rings (SSSR count). The smallest absolute Gasteiger partial charge is 0.434 e. The molecular formula is C17H17F4N3O3. The van der Waals surface area contributed by atoms with Crippen molar-refractivity contribution in [2.75, 3.05) is 6.54 Å². The molecular weight excluding hydrogens is 370 g/mol. The molecule has 0 spiro atoms. The molecule has 1 amide bonds. The Kier molecular flexibility index (Phi) is 6.19. The van der Waals surface area contributed by atoms with E-state index in [0.717, 1.165) is 30.5 Å². The van der Waals surface area contributed by atoms with E-state index in [9.17, 15) is 27.2 Å². The second-order valence-corrected chi connectivity index (χ2v) is 5.83. The number of hydrogen-bond donors (Lipinski definition) is 2. The Morgan fingerprint density at radius 3 is 2.41 bits per heavy atom. The van der Waals surface area contributed by atoms with Gasteiger partial charge in [-0.2, -0.15) is 18.3 Å². The van der Waals surface area contributed by atoms with Gasteiger partial charge in [-0.3, -0.25) is 9.59 Å². The van der Waals surface area contributed by atoms with Gasteiger partial charge in [0.1, 0.15) is 5.82 Å². The maximum atomic E-state index is 13.5. The maximum absolute atomic E-state index is 13.5. The Balaban J connectivity index is 2.32. The number of aromatic nitrogens is 2. The summed E-state index contributed by atoms with van der Waals surface area (Å²) in [6.45, 7) is 1.45. The zero-order valence-corrected chi connectivity index (χ0v) is 14.3. The molecule has 146 valence electrons. The molecule has 1 aromatic heterocycles. The van der Waals surface area contributed by atoms with Crippen LogP contribution in [-0.2, 0) is 11.0 Å². The van der Waals surface area contributed by atoms with Gasteiger partial charge in [-0.15, -0.1) is 0 Å². The number of carboxylic acid groups (broad SMARTS) is 1. The molecule has 0 aliphatic carbocycles. The Morgan fingerprint density at radius 1 is 1.26 bits per heavy atom. The van der Waals surface area contributed by atoms with Gasteiger partial charge in [0.15, 0.2) is 5.69 Å². The number of nitrogens with one attached hydrogen (secondary N) is 1. The highest BCUT2D eigenvalue weighted by Gasteiger charge is 2.40. The Morgan fingerprint density at radius 2 is 1.89 bits per heavy atom. The number of alkyl halides is 3. The molecule has 0 saturated heterocycles. The van der Waals surface area contributed by atoms with Crippen LogP contribution in [0.2, 0.25) is 0 Å². The van der Waals surface area contributed by atoms with Gasteiger partial charge in [0.05, 0.1) is 23.4 Å². The van der Waals surface area contributed by atoms with Crippen molar-refractivity contribution in [1.29, 1.82) is 0 Å². The number of carbonyl (C=O) groups excluding carboxylic acids is 1. The second kappa shape index (κ2) is 8.19. The standard InChI is InChI=1S/C17H17F4N3O3/c1-2-3-10(16(26)27)8-22-15(25)13-9-23-24(14(13)17(19,20)21)12-6-4-11(18)5-7-12/h4-7,9-10H,2-3,8H2,1H3,(H,22,25)(H,26,27). The average molecular weight is 387 g/mol. The van der Waals surface area contributed by atoms with E-state index in [2.05, 4.69) is 10.4 Å². The highest BCUT2D eigenvalue weighted by Crippen LogP contribution is 2.33. The van der Waals surface area contributed by atoms with Crippen LogP contribution in [0.25, 0.3) is 5.69 Å². The first-order valence-electron chi connectivity index (χ1n) is 8.07. The highest BCUT2D eigenvalue weighted by molar-refractivity contribution is 5.95. The molecule has 0 aliphatic rings. The van der Waals surface area contributed by atoms with E-state index in [1.54, 1.807) is 6.92 Å². The fraction of sp³-hybridized carbons (Fsp3) is 0.353. The van der Waals surface area contributed by atoms with Crippen LogP contribution < -0.4 is 5.32 Å². The topological polar surface area (TPSA) is 84.2 Å². The van der Waals surface area contributed by atoms with E-state index < -0.39 is 41.0 Å². The lowest BCUT2D eigenvalue weighted by Crippen LogP contribution is -2.34. The van der Waals surface area contributed by atoms with E-state index in [1.807, 2.05) is 0 Å². The van der Waals surface area contributed by atoms with Crippen molar-refractivity contribution in [3.63, 3.8) is 0 Å². The van der Waals surface area contributed by atoms with Crippen LogP contribution in [0.4, 0.5) is 17.6 Å². The van der Waals surface area contributed by atoms with Crippen molar-refractivity contribution in [2.45, 2.75) is 25.9 Å². The van der Waals surface area contributed by atoms with Gasteiger partial charge in [0.25, 0.3) is 5.91 Å². The van der Waals surface area contributed by atoms with Crippen LogP contribution in [0.1, 0.15) is 35.8 Å². The predicted molar refractivity (Wildman–Crippen MR) is 86.9 cm³/mol. The van der Waals surface area contributed by atoms with Gasteiger partial charge in [0.2, 0.25) is 0 Å². The number of carbonyl (C=O) groups is 2. The second-order valence-electron chi connectivity index (χ2n) is 5.83. The number of rotatable bonds is 7. The van der Waals surface area contributed by atoms with Gasteiger partial charge in [-0.1, -0.05) is 13.3 Å². The van der Waals surface area contributed by atoms with Gasteiger partial charge < -0.3 is 10.4 Å². The highest BCUT2D eigenvalue weighted by atomic mass is 19.4. The maximum Gasteiger partial charge on any atom is 0.434 e. The van der Waals surface area contributed by atoms with E-state index in [1.165, 1.54) is 0 Å². The molecule has 0 saturated carbocycles. The van der Waals surface area contributed by atoms with E-state index >= 15 is 0 Å². The zero-order chi connectivity index (χ0) is 20.2. The molecule has 1 heterocycles. The summed E-state index contributed by atoms with van der Waals surface area (Å²) in [6.07, 6.45) is -3.34. The summed E-state index contributed by atoms with van der Waals surface area (Å²) < 4.78 is 54.0. The SMILES string of the molecule is CCCC(CNC(=O)c1cnn(-c2ccc(F)cc2)c1C(F)(F)F)C(=O)O. The van der Waals surface area contributed by atoms with Crippen molar-refractivity contribution in [3.05, 3.63) is 47.5 Å². The molecule has 27 heavy (non-hydrogen) atoms. The van der Waals surface area contributed by atoms with Crippen LogP contribution in [-0.4, -0.2) is 33.3 Å². The third kappa shape index (κ3) is 4.83. The molecule has 6 nitrogen and oxygen atoms in total. The Bertz CT molecular complexity index is 816. The first kappa shape index (κ1) is 20.4. The summed E-state index contributed by atoms with van der Waals surface area (Å²) in [5.41, 5.74) is -2.14. The average Bonchev–Trinajstić information content (AvgIpc) is 3.04. The minimum absolute atomic E-state index is 0.0721. The fourth-order valence-electron chi connectivity index (χ4n) is 2.54. The van der Waals surface area contributed by atoms with E-state index in [-0.39, 0.29) is 18.7 Å². The summed E-state index contributed by atoms with van der Waals surface area (Å²) in [6, 6.07) is 4.14. The number of hydrogen-bond acceptors (Lipinski definition) is 3. The van der Waals surface area contributed by atoms with Gasteiger partial charge in [-0.25, -0.2) is 9.07 Å². The van der Waals surface area contributed by atoms with Crippen LogP contribution in [0.3, 0.4) is 0 Å². The molecule has 2 N–H and O–H groups in total. The number of nitrogens with zero attached hydrogens (tertiary/aromatic N) is 2. The third-order valence-electron chi connectivity index (χ3n) is 3.85. The summed E-state index contributed by atoms with van der Waals surface area (Å²) in [7, 11) is 0. The molecule has 2 aromatic rings. The van der Waals surface area contributed by atoms with Gasteiger partial charge in [0, 0.05) is 6.54 Å². The Hall–Kier alpha value is -2.91.